The molecule has 5 nitrogen and oxygen atoms in total. The SMILES string of the molecule is C=CCOC(=O)NCc1ncc2scc(C)n12. The number of aryl methyl sites for hydroxylation is 1. The molecule has 0 fully saturated rings. The number of ether oxygens (including phenoxy) is 1. The molecule has 17 heavy (non-hydrogen) atoms. The van der Waals surface area contributed by atoms with Crippen LogP contribution in [0.4, 0.5) is 4.79 Å². The van der Waals surface area contributed by atoms with Gasteiger partial charge in [-0.2, -0.15) is 0 Å². The number of alkyl carbamates (subject to hydrolysis) is 1. The van der Waals surface area contributed by atoms with E-state index >= 15 is 0 Å². The number of hydrogen-bond donors (Lipinski definition) is 1. The van der Waals surface area contributed by atoms with Crippen LogP contribution in [0.2, 0.25) is 0 Å². The lowest BCUT2D eigenvalue weighted by atomic mass is 10.5. The van der Waals surface area contributed by atoms with Gasteiger partial charge in [-0.15, -0.1) is 11.3 Å². The Balaban J connectivity index is 2.01. The van der Waals surface area contributed by atoms with E-state index < -0.39 is 6.09 Å². The lowest BCUT2D eigenvalue weighted by Gasteiger charge is -2.04. The molecule has 0 unspecified atom stereocenters. The Labute approximate surface area is 103 Å². The number of nitrogens with one attached hydrogen (secondary N) is 1. The van der Waals surface area contributed by atoms with E-state index in [-0.39, 0.29) is 6.61 Å². The number of carbonyl (C=O) groups excluding carboxylic acids is 1. The first-order valence-corrected chi connectivity index (χ1v) is 6.02. The van der Waals surface area contributed by atoms with Gasteiger partial charge in [0.2, 0.25) is 0 Å². The Bertz CT molecular complexity index is 544. The maximum Gasteiger partial charge on any atom is 0.407 e. The van der Waals surface area contributed by atoms with Crippen molar-refractivity contribution in [3.8, 4) is 0 Å². The van der Waals surface area contributed by atoms with Crippen LogP contribution in [0.5, 0.6) is 0 Å². The quantitative estimate of drug-likeness (QED) is 0.847. The van der Waals surface area contributed by atoms with Crippen LogP contribution in [-0.4, -0.2) is 22.1 Å². The van der Waals surface area contributed by atoms with Crippen LogP contribution in [0.25, 0.3) is 4.83 Å². The molecule has 2 heterocycles. The van der Waals surface area contributed by atoms with E-state index in [9.17, 15) is 4.79 Å². The van der Waals surface area contributed by atoms with E-state index in [0.29, 0.717) is 6.54 Å². The molecule has 1 N–H and O–H groups in total. The van der Waals surface area contributed by atoms with Crippen molar-refractivity contribution in [3.63, 3.8) is 0 Å². The van der Waals surface area contributed by atoms with Crippen molar-refractivity contribution in [2.75, 3.05) is 6.61 Å². The predicted molar refractivity (Wildman–Crippen MR) is 66.2 cm³/mol. The third kappa shape index (κ3) is 2.47. The minimum atomic E-state index is -0.463. The monoisotopic (exact) mass is 251 g/mol. The van der Waals surface area contributed by atoms with Gasteiger partial charge in [0.05, 0.1) is 12.7 Å². The van der Waals surface area contributed by atoms with Crippen molar-refractivity contribution < 1.29 is 9.53 Å². The van der Waals surface area contributed by atoms with E-state index in [1.54, 1.807) is 17.5 Å². The summed E-state index contributed by atoms with van der Waals surface area (Å²) >= 11 is 1.63. The van der Waals surface area contributed by atoms with Gasteiger partial charge >= 0.3 is 6.09 Å². The number of imidazole rings is 1. The standard InChI is InChI=1S/C11H13N3O2S/c1-3-4-16-11(15)13-5-9-12-6-10-14(9)8(2)7-17-10/h3,6-7H,1,4-5H2,2H3,(H,13,15). The zero-order chi connectivity index (χ0) is 12.3. The van der Waals surface area contributed by atoms with Gasteiger partial charge in [0, 0.05) is 11.1 Å². The Morgan fingerprint density at radius 1 is 1.76 bits per heavy atom. The summed E-state index contributed by atoms with van der Waals surface area (Å²) in [4.78, 5) is 16.6. The number of aromatic nitrogens is 2. The molecule has 0 aromatic carbocycles. The Morgan fingerprint density at radius 3 is 3.35 bits per heavy atom. The lowest BCUT2D eigenvalue weighted by molar-refractivity contribution is 0.157. The smallest absolute Gasteiger partial charge is 0.407 e. The molecule has 0 saturated heterocycles. The number of thiazole rings is 1. The van der Waals surface area contributed by atoms with E-state index in [1.807, 2.05) is 11.3 Å². The van der Waals surface area contributed by atoms with Gasteiger partial charge < -0.3 is 10.1 Å². The molecular weight excluding hydrogens is 238 g/mol. The van der Waals surface area contributed by atoms with Gasteiger partial charge in [0.25, 0.3) is 0 Å². The second-order valence-corrected chi connectivity index (χ2v) is 4.36. The topological polar surface area (TPSA) is 55.6 Å². The van der Waals surface area contributed by atoms with Crippen LogP contribution in [0, 0.1) is 6.92 Å². The van der Waals surface area contributed by atoms with Gasteiger partial charge in [-0.05, 0) is 6.92 Å². The van der Waals surface area contributed by atoms with Crippen molar-refractivity contribution in [1.29, 1.82) is 0 Å². The third-order valence-corrected chi connectivity index (χ3v) is 3.22. The number of nitrogens with zero attached hydrogens (tertiary/aromatic N) is 2. The molecular formula is C11H13N3O2S. The van der Waals surface area contributed by atoms with E-state index in [4.69, 9.17) is 4.74 Å². The van der Waals surface area contributed by atoms with Crippen LogP contribution in [0.1, 0.15) is 11.5 Å². The first kappa shape index (κ1) is 11.7. The highest BCUT2D eigenvalue weighted by atomic mass is 32.1. The first-order chi connectivity index (χ1) is 8.22. The lowest BCUT2D eigenvalue weighted by Crippen LogP contribution is -2.24. The molecule has 0 aliphatic heterocycles. The van der Waals surface area contributed by atoms with Gasteiger partial charge in [0.15, 0.2) is 0 Å². The molecule has 0 spiro atoms. The second-order valence-electron chi connectivity index (χ2n) is 3.47. The molecule has 2 aromatic rings. The number of amides is 1. The fourth-order valence-corrected chi connectivity index (χ4v) is 2.36. The number of rotatable bonds is 4. The summed E-state index contributed by atoms with van der Waals surface area (Å²) in [6.07, 6.45) is 2.86. The maximum atomic E-state index is 11.2. The Hall–Kier alpha value is -1.82. The maximum absolute atomic E-state index is 11.2. The van der Waals surface area contributed by atoms with Crippen LogP contribution in [0.3, 0.4) is 0 Å². The Kier molecular flexibility index (Phi) is 3.43. The zero-order valence-electron chi connectivity index (χ0n) is 9.47. The van der Waals surface area contributed by atoms with Gasteiger partial charge in [0.1, 0.15) is 17.3 Å². The van der Waals surface area contributed by atoms with Crippen molar-refractivity contribution in [2.24, 2.45) is 0 Å². The van der Waals surface area contributed by atoms with E-state index in [1.165, 1.54) is 6.08 Å². The highest BCUT2D eigenvalue weighted by Gasteiger charge is 2.09. The highest BCUT2D eigenvalue weighted by molar-refractivity contribution is 7.15. The summed E-state index contributed by atoms with van der Waals surface area (Å²) in [7, 11) is 0. The molecule has 1 amide bonds. The van der Waals surface area contributed by atoms with Gasteiger partial charge in [-0.1, -0.05) is 12.7 Å². The van der Waals surface area contributed by atoms with Crippen molar-refractivity contribution in [3.05, 3.63) is 35.8 Å². The van der Waals surface area contributed by atoms with Crippen LogP contribution in [-0.2, 0) is 11.3 Å². The van der Waals surface area contributed by atoms with E-state index in [0.717, 1.165) is 16.3 Å². The first-order valence-electron chi connectivity index (χ1n) is 5.14. The molecule has 0 bridgehead atoms. The summed E-state index contributed by atoms with van der Waals surface area (Å²) in [5.74, 6) is 0.800. The predicted octanol–water partition coefficient (Wildman–Crippen LogP) is 2.12. The second kappa shape index (κ2) is 5.01. The average molecular weight is 251 g/mol. The summed E-state index contributed by atoms with van der Waals surface area (Å²) in [6.45, 7) is 6.03. The molecule has 0 aliphatic rings. The van der Waals surface area contributed by atoms with Gasteiger partial charge in [-0.25, -0.2) is 9.78 Å². The van der Waals surface area contributed by atoms with Crippen LogP contribution >= 0.6 is 11.3 Å². The molecule has 0 saturated carbocycles. The fourth-order valence-electron chi connectivity index (χ4n) is 1.49. The normalized spacial score (nSPS) is 10.4. The van der Waals surface area contributed by atoms with E-state index in [2.05, 4.69) is 22.3 Å². The largest absolute Gasteiger partial charge is 0.445 e. The Morgan fingerprint density at radius 2 is 2.59 bits per heavy atom. The zero-order valence-corrected chi connectivity index (χ0v) is 10.3. The molecule has 2 aromatic heterocycles. The molecule has 90 valence electrons. The summed E-state index contributed by atoms with van der Waals surface area (Å²) < 4.78 is 6.82. The van der Waals surface area contributed by atoms with Crippen LogP contribution in [0.15, 0.2) is 24.2 Å². The summed E-state index contributed by atoms with van der Waals surface area (Å²) in [6, 6.07) is 0. The number of hydrogen-bond acceptors (Lipinski definition) is 4. The highest BCUT2D eigenvalue weighted by Crippen LogP contribution is 2.17. The third-order valence-electron chi connectivity index (χ3n) is 2.23. The minimum Gasteiger partial charge on any atom is -0.445 e. The van der Waals surface area contributed by atoms with Crippen molar-refractivity contribution >= 4 is 22.3 Å². The fraction of sp³-hybridized carbons (Fsp3) is 0.273. The average Bonchev–Trinajstić information content (AvgIpc) is 2.88. The summed E-state index contributed by atoms with van der Waals surface area (Å²) in [5.41, 5.74) is 1.11. The van der Waals surface area contributed by atoms with Crippen molar-refractivity contribution in [2.45, 2.75) is 13.5 Å². The summed E-state index contributed by atoms with van der Waals surface area (Å²) in [5, 5.41) is 4.69. The number of carbonyl (C=O) groups is 1. The van der Waals surface area contributed by atoms with Crippen molar-refractivity contribution in [1.82, 2.24) is 14.7 Å². The minimum absolute atomic E-state index is 0.209. The van der Waals surface area contributed by atoms with Crippen LogP contribution < -0.4 is 5.32 Å². The van der Waals surface area contributed by atoms with Gasteiger partial charge in [-0.3, -0.25) is 4.40 Å². The molecule has 2 rings (SSSR count). The number of fused-ring (bicyclic) bond motifs is 1. The molecule has 0 aliphatic carbocycles. The molecule has 0 atom stereocenters. The molecule has 6 heteroatoms. The molecule has 0 radical (unpaired) electrons.